The van der Waals surface area contributed by atoms with Gasteiger partial charge in [0, 0.05) is 48.7 Å². The van der Waals surface area contributed by atoms with E-state index in [-0.39, 0.29) is 6.61 Å². The molecule has 2 N–H and O–H groups in total. The van der Waals surface area contributed by atoms with Crippen LogP contribution in [0, 0.1) is 0 Å². The molecule has 0 spiro atoms. The molecule has 16 nitrogen and oxygen atoms in total. The lowest BCUT2D eigenvalue weighted by molar-refractivity contribution is -0.0809. The molecule has 0 saturated carbocycles. The second-order valence-corrected chi connectivity index (χ2v) is 27.7. The van der Waals surface area contributed by atoms with Gasteiger partial charge in [0.05, 0.1) is 0 Å². The average molecular weight is 619 g/mol. The van der Waals surface area contributed by atoms with Gasteiger partial charge in [-0.05, 0) is 26.6 Å². The molecule has 34 heavy (non-hydrogen) atoms. The molecule has 0 aromatic carbocycles. The highest BCUT2D eigenvalue weighted by atomic mass is 28.6. The molecule has 0 aliphatic carbocycles. The normalized spacial score (nSPS) is 44.1. The van der Waals surface area contributed by atoms with E-state index in [1.54, 1.807) is 6.92 Å². The largest absolute Gasteiger partial charge is 0.666 e. The van der Waals surface area contributed by atoms with Crippen molar-refractivity contribution in [3.63, 3.8) is 0 Å². The molecule has 2 rings (SSSR count). The molecule has 23 heteroatoms. The number of rotatable bonds is 9. The molecule has 2 aliphatic rings. The SMILES string of the molecule is CCO[Si]1(OC)O[Si]2(C)O[Si](O)(OC)O[Si](O)(OC)O[Si](OC)(O2)O[Si](OC)(O[Si](C)(C)C)O1. The van der Waals surface area contributed by atoms with Crippen molar-refractivity contribution in [3.8, 4) is 0 Å². The lowest BCUT2D eigenvalue weighted by atomic mass is 10.9. The van der Waals surface area contributed by atoms with Crippen molar-refractivity contribution in [3.05, 3.63) is 0 Å². The Morgan fingerprint density at radius 2 is 1.21 bits per heavy atom. The van der Waals surface area contributed by atoms with Crippen LogP contribution >= 0.6 is 0 Å². The van der Waals surface area contributed by atoms with Crippen LogP contribution in [0.3, 0.4) is 0 Å². The highest BCUT2D eigenvalue weighted by molar-refractivity contribution is 6.91. The first kappa shape index (κ1) is 31.1. The summed E-state index contributed by atoms with van der Waals surface area (Å²) in [5, 5.41) is 0. The van der Waals surface area contributed by atoms with Crippen molar-refractivity contribution in [2.45, 2.75) is 33.1 Å². The Morgan fingerprint density at radius 1 is 0.647 bits per heavy atom. The lowest BCUT2D eigenvalue weighted by Crippen LogP contribution is -2.80. The molecule has 6 unspecified atom stereocenters. The second kappa shape index (κ2) is 10.9. The first-order valence-corrected chi connectivity index (χ1v) is 23.9. The number of hydrogen-bond acceptors (Lipinski definition) is 16. The summed E-state index contributed by atoms with van der Waals surface area (Å²) in [5.41, 5.74) is 0. The molecule has 2 aliphatic heterocycles. The third-order valence-electron chi connectivity index (χ3n) is 3.97. The first-order chi connectivity index (χ1) is 15.5. The third-order valence-corrected chi connectivity index (χ3v) is 26.2. The molecule has 0 aromatic rings. The first-order valence-electron chi connectivity index (χ1n) is 9.97. The van der Waals surface area contributed by atoms with Crippen LogP contribution in [-0.2, 0) is 59.5 Å². The van der Waals surface area contributed by atoms with Crippen molar-refractivity contribution >= 4 is 62.4 Å². The third kappa shape index (κ3) is 7.25. The van der Waals surface area contributed by atoms with Crippen LogP contribution in [0.5, 0.6) is 0 Å². The standard InChI is InChI=1S/C11H34O16Si7/c1-11-19-32(16-4)22-29(10)21-30(12,14-2)24-31(13,15-3)25-34(18-6,23-29)27-33(17-5,26-32)20-28(7,8)9/h12-13H,11H2,1-10H3. The van der Waals surface area contributed by atoms with Gasteiger partial charge in [0.25, 0.3) is 0 Å². The quantitative estimate of drug-likeness (QED) is 0.301. The lowest BCUT2D eigenvalue weighted by Gasteiger charge is -2.49. The van der Waals surface area contributed by atoms with Crippen LogP contribution in [0.15, 0.2) is 0 Å². The summed E-state index contributed by atoms with van der Waals surface area (Å²) in [6, 6.07) is 0. The van der Waals surface area contributed by atoms with E-state index in [1.807, 2.05) is 19.6 Å². The molecule has 0 aromatic heterocycles. The maximum Gasteiger partial charge on any atom is 0.666 e. The van der Waals surface area contributed by atoms with Crippen LogP contribution in [0.2, 0.25) is 26.2 Å². The molecule has 2 fully saturated rings. The van der Waals surface area contributed by atoms with Gasteiger partial charge in [-0.25, -0.2) is 0 Å². The molecule has 2 heterocycles. The topological polar surface area (TPSA) is 170 Å². The Labute approximate surface area is 206 Å². The minimum absolute atomic E-state index is 0.0911. The molecule has 2 saturated heterocycles. The molecule has 0 amide bonds. The van der Waals surface area contributed by atoms with Crippen LogP contribution in [0.25, 0.3) is 0 Å². The minimum atomic E-state index is -4.76. The summed E-state index contributed by atoms with van der Waals surface area (Å²) in [7, 11) is -23.2. The van der Waals surface area contributed by atoms with Gasteiger partial charge in [0.2, 0.25) is 0 Å². The summed E-state index contributed by atoms with van der Waals surface area (Å²) in [6.45, 7) is 8.72. The molecular weight excluding hydrogens is 585 g/mol. The van der Waals surface area contributed by atoms with Gasteiger partial charge in [-0.3, -0.25) is 0 Å². The summed E-state index contributed by atoms with van der Waals surface area (Å²) in [4.78, 5) is 21.8. The highest BCUT2D eigenvalue weighted by Gasteiger charge is 2.78. The van der Waals surface area contributed by atoms with Gasteiger partial charge in [-0.2, -0.15) is 0 Å². The Balaban J connectivity index is 2.75. The van der Waals surface area contributed by atoms with E-state index >= 15 is 0 Å². The average Bonchev–Trinajstić information content (AvgIpc) is 2.70. The Morgan fingerprint density at radius 3 is 1.65 bits per heavy atom. The van der Waals surface area contributed by atoms with Gasteiger partial charge in [-0.15, -0.1) is 0 Å². The zero-order chi connectivity index (χ0) is 26.1. The van der Waals surface area contributed by atoms with Crippen molar-refractivity contribution in [2.24, 2.45) is 0 Å². The van der Waals surface area contributed by atoms with E-state index in [1.165, 1.54) is 27.9 Å². The van der Waals surface area contributed by atoms with E-state index in [4.69, 9.17) is 59.5 Å². The molecule has 202 valence electrons. The van der Waals surface area contributed by atoms with Gasteiger partial charge in [0.15, 0.2) is 8.32 Å². The van der Waals surface area contributed by atoms with E-state index in [0.29, 0.717) is 0 Å². The minimum Gasteiger partial charge on any atom is -0.395 e. The summed E-state index contributed by atoms with van der Waals surface area (Å²) < 4.78 is 80.1. The predicted molar refractivity (Wildman–Crippen MR) is 124 cm³/mol. The number of fused-ring (bicyclic) bond motifs is 2. The van der Waals surface area contributed by atoms with Gasteiger partial charge in [-0.1, -0.05) is 0 Å². The Kier molecular flexibility index (Phi) is 10.00. The van der Waals surface area contributed by atoms with Gasteiger partial charge >= 0.3 is 54.0 Å². The fourth-order valence-electron chi connectivity index (χ4n) is 2.74. The second-order valence-electron chi connectivity index (χ2n) is 7.79. The molecule has 0 radical (unpaired) electrons. The van der Waals surface area contributed by atoms with Crippen molar-refractivity contribution in [1.29, 1.82) is 0 Å². The van der Waals surface area contributed by atoms with Crippen molar-refractivity contribution in [1.82, 2.24) is 0 Å². The Hall–Kier alpha value is 0.878. The smallest absolute Gasteiger partial charge is 0.395 e. The number of hydrogen-bond donors (Lipinski definition) is 2. The predicted octanol–water partition coefficient (Wildman–Crippen LogP) is -1.02. The highest BCUT2D eigenvalue weighted by Crippen LogP contribution is 2.39. The van der Waals surface area contributed by atoms with E-state index in [2.05, 4.69) is 0 Å². The fourth-order valence-corrected chi connectivity index (χ4v) is 27.7. The van der Waals surface area contributed by atoms with Gasteiger partial charge < -0.3 is 69.1 Å². The van der Waals surface area contributed by atoms with Gasteiger partial charge in [0.1, 0.15) is 0 Å². The maximum atomic E-state index is 10.9. The van der Waals surface area contributed by atoms with Crippen molar-refractivity contribution in [2.75, 3.05) is 42.2 Å². The van der Waals surface area contributed by atoms with E-state index < -0.39 is 62.4 Å². The zero-order valence-electron chi connectivity index (χ0n) is 20.8. The molecular formula is C11H34O16Si7. The summed E-state index contributed by atoms with van der Waals surface area (Å²) in [6.07, 6.45) is 0. The molecule has 6 atom stereocenters. The monoisotopic (exact) mass is 618 g/mol. The Bertz CT molecular complexity index is 707. The summed E-state index contributed by atoms with van der Waals surface area (Å²) in [5.74, 6) is 0. The van der Waals surface area contributed by atoms with Crippen LogP contribution in [0.1, 0.15) is 6.92 Å². The fraction of sp³-hybridized carbons (Fsp3) is 1.00. The zero-order valence-corrected chi connectivity index (χ0v) is 27.8. The van der Waals surface area contributed by atoms with Crippen LogP contribution in [-0.4, -0.2) is 114 Å². The van der Waals surface area contributed by atoms with E-state index in [9.17, 15) is 9.59 Å². The van der Waals surface area contributed by atoms with Crippen molar-refractivity contribution < 1.29 is 69.1 Å². The molecule has 2 bridgehead atoms. The summed E-state index contributed by atoms with van der Waals surface area (Å²) >= 11 is 0. The van der Waals surface area contributed by atoms with Crippen LogP contribution < -0.4 is 0 Å². The maximum absolute atomic E-state index is 10.9. The van der Waals surface area contributed by atoms with E-state index in [0.717, 1.165) is 14.2 Å². The van der Waals surface area contributed by atoms with Crippen LogP contribution in [0.4, 0.5) is 0 Å².